The normalized spacial score (nSPS) is 12.0. The minimum Gasteiger partial charge on any atom is -0.462 e. The van der Waals surface area contributed by atoms with Gasteiger partial charge in [0.2, 0.25) is 0 Å². The Bertz CT molecular complexity index is 1020. The van der Waals surface area contributed by atoms with E-state index in [1.54, 1.807) is 0 Å². The van der Waals surface area contributed by atoms with Gasteiger partial charge in [0.1, 0.15) is 13.2 Å². The number of hydrogen-bond acceptors (Lipinski definition) is 6. The molecule has 0 unspecified atom stereocenters. The van der Waals surface area contributed by atoms with Crippen molar-refractivity contribution < 1.29 is 28.6 Å². The van der Waals surface area contributed by atoms with Gasteiger partial charge in [0, 0.05) is 19.3 Å². The molecule has 0 aliphatic heterocycles. The van der Waals surface area contributed by atoms with Crippen molar-refractivity contribution in [3.63, 3.8) is 0 Å². The maximum absolute atomic E-state index is 12.9. The Hall–Kier alpha value is -1.59. The molecule has 0 radical (unpaired) electrons. The summed E-state index contributed by atoms with van der Waals surface area (Å²) >= 11 is 0. The average molecular weight is 948 g/mol. The molecular formula is C61H118O6. The smallest absolute Gasteiger partial charge is 0.306 e. The molecule has 0 bridgehead atoms. The van der Waals surface area contributed by atoms with E-state index in [2.05, 4.69) is 34.6 Å². The van der Waals surface area contributed by atoms with Crippen molar-refractivity contribution in [1.82, 2.24) is 0 Å². The van der Waals surface area contributed by atoms with Crippen molar-refractivity contribution in [2.75, 3.05) is 13.2 Å². The zero-order chi connectivity index (χ0) is 48.9. The molecule has 0 saturated carbocycles. The van der Waals surface area contributed by atoms with Gasteiger partial charge in [-0.1, -0.05) is 304 Å². The van der Waals surface area contributed by atoms with E-state index in [0.717, 1.165) is 69.6 Å². The molecular weight excluding hydrogens is 829 g/mol. The van der Waals surface area contributed by atoms with Crippen LogP contribution in [0.4, 0.5) is 0 Å². The lowest BCUT2D eigenvalue weighted by Gasteiger charge is -2.18. The fraction of sp³-hybridized carbons (Fsp3) is 0.951. The van der Waals surface area contributed by atoms with E-state index in [1.807, 2.05) is 0 Å². The Kier molecular flexibility index (Phi) is 52.5. The molecule has 67 heavy (non-hydrogen) atoms. The molecule has 0 aliphatic carbocycles. The summed E-state index contributed by atoms with van der Waals surface area (Å²) in [5.41, 5.74) is 0. The van der Waals surface area contributed by atoms with Crippen molar-refractivity contribution in [3.8, 4) is 0 Å². The number of unbranched alkanes of at least 4 members (excludes halogenated alkanes) is 40. The highest BCUT2D eigenvalue weighted by Gasteiger charge is 2.19. The van der Waals surface area contributed by atoms with Gasteiger partial charge in [0.25, 0.3) is 0 Å². The minimum atomic E-state index is -0.763. The third kappa shape index (κ3) is 55.2. The van der Waals surface area contributed by atoms with Crippen molar-refractivity contribution >= 4 is 17.9 Å². The largest absolute Gasteiger partial charge is 0.462 e. The second-order valence-electron chi connectivity index (χ2n) is 21.9. The third-order valence-corrected chi connectivity index (χ3v) is 14.0. The fourth-order valence-electron chi connectivity index (χ4n) is 9.40. The summed E-state index contributed by atoms with van der Waals surface area (Å²) in [6.07, 6.45) is 58.1. The molecule has 398 valence electrons. The minimum absolute atomic E-state index is 0.0624. The van der Waals surface area contributed by atoms with Gasteiger partial charge in [-0.2, -0.15) is 0 Å². The van der Waals surface area contributed by atoms with Crippen molar-refractivity contribution in [2.24, 2.45) is 11.8 Å². The van der Waals surface area contributed by atoms with E-state index < -0.39 is 6.10 Å². The Morgan fingerprint density at radius 3 is 0.731 bits per heavy atom. The van der Waals surface area contributed by atoms with Gasteiger partial charge in [0.05, 0.1) is 0 Å². The maximum Gasteiger partial charge on any atom is 0.306 e. The van der Waals surface area contributed by atoms with E-state index in [1.165, 1.54) is 231 Å². The lowest BCUT2D eigenvalue weighted by Crippen LogP contribution is -2.30. The van der Waals surface area contributed by atoms with E-state index in [-0.39, 0.29) is 31.1 Å². The molecule has 6 heteroatoms. The number of esters is 3. The van der Waals surface area contributed by atoms with Crippen LogP contribution in [0, 0.1) is 11.8 Å². The topological polar surface area (TPSA) is 78.9 Å². The first-order valence-corrected chi connectivity index (χ1v) is 30.2. The first kappa shape index (κ1) is 65.4. The summed E-state index contributed by atoms with van der Waals surface area (Å²) in [4.78, 5) is 38.2. The van der Waals surface area contributed by atoms with Crippen molar-refractivity contribution in [3.05, 3.63) is 0 Å². The molecule has 0 rings (SSSR count). The van der Waals surface area contributed by atoms with E-state index in [0.29, 0.717) is 19.3 Å². The highest BCUT2D eigenvalue weighted by Crippen LogP contribution is 2.18. The molecule has 0 N–H and O–H groups in total. The number of ether oxygens (including phenoxy) is 3. The van der Waals surface area contributed by atoms with Crippen LogP contribution in [0.1, 0.15) is 343 Å². The summed E-state index contributed by atoms with van der Waals surface area (Å²) in [7, 11) is 0. The van der Waals surface area contributed by atoms with Crippen LogP contribution in [0.15, 0.2) is 0 Å². The summed E-state index contributed by atoms with van der Waals surface area (Å²) < 4.78 is 16.9. The Morgan fingerprint density at radius 2 is 0.493 bits per heavy atom. The summed E-state index contributed by atoms with van der Waals surface area (Å²) in [5, 5.41) is 0. The van der Waals surface area contributed by atoms with Gasteiger partial charge in [0.15, 0.2) is 6.10 Å². The average Bonchev–Trinajstić information content (AvgIpc) is 3.30. The van der Waals surface area contributed by atoms with Crippen LogP contribution < -0.4 is 0 Å². The molecule has 0 heterocycles. The van der Waals surface area contributed by atoms with E-state index >= 15 is 0 Å². The van der Waals surface area contributed by atoms with Crippen LogP contribution in [-0.2, 0) is 28.6 Å². The summed E-state index contributed by atoms with van der Waals surface area (Å²) in [6.45, 7) is 11.4. The first-order chi connectivity index (χ1) is 32.7. The Morgan fingerprint density at radius 1 is 0.284 bits per heavy atom. The maximum atomic E-state index is 12.9. The monoisotopic (exact) mass is 947 g/mol. The van der Waals surface area contributed by atoms with E-state index in [4.69, 9.17) is 14.2 Å². The molecule has 0 fully saturated rings. The van der Waals surface area contributed by atoms with Gasteiger partial charge in [-0.25, -0.2) is 0 Å². The fourth-order valence-corrected chi connectivity index (χ4v) is 9.40. The molecule has 0 aromatic carbocycles. The molecule has 0 aromatic heterocycles. The molecule has 0 aliphatic rings. The third-order valence-electron chi connectivity index (χ3n) is 14.0. The van der Waals surface area contributed by atoms with E-state index in [9.17, 15) is 14.4 Å². The Labute approximate surface area is 418 Å². The van der Waals surface area contributed by atoms with Crippen molar-refractivity contribution in [1.29, 1.82) is 0 Å². The molecule has 6 nitrogen and oxygen atoms in total. The molecule has 0 aromatic rings. The number of rotatable bonds is 55. The van der Waals surface area contributed by atoms with Gasteiger partial charge in [-0.05, 0) is 31.1 Å². The highest BCUT2D eigenvalue weighted by molar-refractivity contribution is 5.71. The second kappa shape index (κ2) is 53.8. The number of carbonyl (C=O) groups is 3. The zero-order valence-corrected chi connectivity index (χ0v) is 46.0. The van der Waals surface area contributed by atoms with Crippen LogP contribution in [0.3, 0.4) is 0 Å². The van der Waals surface area contributed by atoms with Crippen LogP contribution in [0.5, 0.6) is 0 Å². The zero-order valence-electron chi connectivity index (χ0n) is 46.0. The molecule has 1 atom stereocenters. The standard InChI is InChI=1S/C61H118O6/c1-6-7-8-9-10-11-12-13-14-15-19-22-25-31-36-41-46-51-59(62)65-54-58(55-66-60(63)52-47-42-37-32-28-27-30-35-40-45-50-57(4)5)67-61(64)53-48-43-38-33-26-23-20-17-16-18-21-24-29-34-39-44-49-56(2)3/h56-58H,6-55H2,1-5H3/t58-/m1/s1. The van der Waals surface area contributed by atoms with Gasteiger partial charge in [-0.3, -0.25) is 14.4 Å². The Balaban J connectivity index is 4.28. The quantitative estimate of drug-likeness (QED) is 0.0343. The predicted molar refractivity (Wildman–Crippen MR) is 289 cm³/mol. The predicted octanol–water partition coefficient (Wildman–Crippen LogP) is 20.0. The van der Waals surface area contributed by atoms with Crippen LogP contribution >= 0.6 is 0 Å². The second-order valence-corrected chi connectivity index (χ2v) is 21.9. The molecule has 0 saturated heterocycles. The van der Waals surface area contributed by atoms with Crippen LogP contribution in [0.25, 0.3) is 0 Å². The highest BCUT2D eigenvalue weighted by atomic mass is 16.6. The lowest BCUT2D eigenvalue weighted by atomic mass is 10.0. The SMILES string of the molecule is CCCCCCCCCCCCCCCCCCCC(=O)OC[C@H](COC(=O)CCCCCCCCCCCCC(C)C)OC(=O)CCCCCCCCCCCCCCCCCCC(C)C. The summed E-state index contributed by atoms with van der Waals surface area (Å²) in [6, 6.07) is 0. The van der Waals surface area contributed by atoms with Gasteiger partial charge >= 0.3 is 17.9 Å². The number of hydrogen-bond donors (Lipinski definition) is 0. The van der Waals surface area contributed by atoms with Crippen LogP contribution in [0.2, 0.25) is 0 Å². The van der Waals surface area contributed by atoms with Crippen LogP contribution in [-0.4, -0.2) is 37.2 Å². The molecule has 0 amide bonds. The van der Waals surface area contributed by atoms with Gasteiger partial charge < -0.3 is 14.2 Å². The summed E-state index contributed by atoms with van der Waals surface area (Å²) in [5.74, 6) is 0.834. The van der Waals surface area contributed by atoms with Gasteiger partial charge in [-0.15, -0.1) is 0 Å². The lowest BCUT2D eigenvalue weighted by molar-refractivity contribution is -0.167. The molecule has 0 spiro atoms. The number of carbonyl (C=O) groups excluding carboxylic acids is 3. The van der Waals surface area contributed by atoms with Crippen molar-refractivity contribution in [2.45, 2.75) is 349 Å². The first-order valence-electron chi connectivity index (χ1n) is 30.2.